The predicted molar refractivity (Wildman–Crippen MR) is 85.0 cm³/mol. The molecule has 0 spiro atoms. The molecule has 2 rings (SSSR count). The van der Waals surface area contributed by atoms with E-state index in [4.69, 9.17) is 18.6 Å². The molecule has 0 saturated heterocycles. The van der Waals surface area contributed by atoms with E-state index in [0.717, 1.165) is 0 Å². The first kappa shape index (κ1) is 17.4. The van der Waals surface area contributed by atoms with Crippen molar-refractivity contribution in [1.29, 1.82) is 0 Å². The zero-order valence-electron chi connectivity index (χ0n) is 13.7. The van der Waals surface area contributed by atoms with Crippen LogP contribution in [0.5, 0.6) is 11.5 Å². The molecule has 1 aromatic carbocycles. The molecule has 24 heavy (non-hydrogen) atoms. The van der Waals surface area contributed by atoms with Gasteiger partial charge in [0.1, 0.15) is 22.8 Å². The van der Waals surface area contributed by atoms with Crippen molar-refractivity contribution in [1.82, 2.24) is 5.32 Å². The molecule has 0 bridgehead atoms. The summed E-state index contributed by atoms with van der Waals surface area (Å²) in [5.41, 5.74) is 0.183. The van der Waals surface area contributed by atoms with E-state index in [-0.39, 0.29) is 12.1 Å². The second-order valence-electron chi connectivity index (χ2n) is 4.91. The van der Waals surface area contributed by atoms with E-state index in [2.05, 4.69) is 5.32 Å². The predicted octanol–water partition coefficient (Wildman–Crippen LogP) is 2.16. The van der Waals surface area contributed by atoms with E-state index < -0.39 is 18.0 Å². The normalized spacial score (nSPS) is 11.5. The average molecular weight is 333 g/mol. The minimum absolute atomic E-state index is 0.183. The first-order chi connectivity index (χ1) is 11.5. The molecular weight excluding hydrogens is 314 g/mol. The van der Waals surface area contributed by atoms with E-state index in [1.807, 2.05) is 0 Å². The summed E-state index contributed by atoms with van der Waals surface area (Å²) in [4.78, 5) is 24.3. The first-order valence-electron chi connectivity index (χ1n) is 7.28. The second-order valence-corrected chi connectivity index (χ2v) is 4.91. The zero-order chi connectivity index (χ0) is 17.5. The third-order valence-electron chi connectivity index (χ3n) is 3.30. The molecule has 0 radical (unpaired) electrons. The summed E-state index contributed by atoms with van der Waals surface area (Å²) in [6.45, 7) is 1.71. The van der Waals surface area contributed by atoms with E-state index in [0.29, 0.717) is 17.3 Å². The molecule has 0 aliphatic heterocycles. The molecule has 0 aliphatic carbocycles. The summed E-state index contributed by atoms with van der Waals surface area (Å²) < 4.78 is 20.5. The summed E-state index contributed by atoms with van der Waals surface area (Å²) in [5, 5.41) is 2.63. The van der Waals surface area contributed by atoms with Crippen LogP contribution in [-0.4, -0.2) is 32.2 Å². The van der Waals surface area contributed by atoms with Gasteiger partial charge in [-0.1, -0.05) is 0 Å². The lowest BCUT2D eigenvalue weighted by molar-refractivity contribution is -0.129. The molecule has 0 unspecified atom stereocenters. The van der Waals surface area contributed by atoms with E-state index in [1.54, 1.807) is 24.3 Å². The number of methoxy groups -OCH3 is 2. The Morgan fingerprint density at radius 2 is 2.00 bits per heavy atom. The number of amides is 1. The highest BCUT2D eigenvalue weighted by Gasteiger charge is 2.22. The quantitative estimate of drug-likeness (QED) is 0.781. The number of carbonyl (C=O) groups is 2. The number of furan rings is 1. The summed E-state index contributed by atoms with van der Waals surface area (Å²) in [5.74, 6) is 0.325. The molecule has 1 N–H and O–H groups in total. The van der Waals surface area contributed by atoms with Crippen molar-refractivity contribution in [2.24, 2.45) is 0 Å². The largest absolute Gasteiger partial charge is 0.497 e. The lowest BCUT2D eigenvalue weighted by Crippen LogP contribution is -2.35. The second kappa shape index (κ2) is 8.05. The van der Waals surface area contributed by atoms with Gasteiger partial charge in [0.2, 0.25) is 0 Å². The summed E-state index contributed by atoms with van der Waals surface area (Å²) in [6, 6.07) is 8.21. The van der Waals surface area contributed by atoms with Gasteiger partial charge in [-0.3, -0.25) is 4.79 Å². The summed E-state index contributed by atoms with van der Waals surface area (Å²) >= 11 is 0. The molecule has 1 aromatic heterocycles. The monoisotopic (exact) mass is 333 g/mol. The van der Waals surface area contributed by atoms with Crippen LogP contribution in [0.1, 0.15) is 23.0 Å². The highest BCUT2D eigenvalue weighted by Crippen LogP contribution is 2.25. The maximum absolute atomic E-state index is 12.3. The van der Waals surface area contributed by atoms with Crippen LogP contribution < -0.4 is 14.8 Å². The molecule has 2 aromatic rings. The lowest BCUT2D eigenvalue weighted by atomic mass is 10.2. The van der Waals surface area contributed by atoms with Crippen LogP contribution in [0.15, 0.2) is 41.0 Å². The van der Waals surface area contributed by atoms with Crippen LogP contribution in [0.2, 0.25) is 0 Å². The third kappa shape index (κ3) is 4.28. The van der Waals surface area contributed by atoms with Crippen LogP contribution in [0.25, 0.3) is 0 Å². The fourth-order valence-corrected chi connectivity index (χ4v) is 1.98. The Balaban J connectivity index is 1.98. The van der Waals surface area contributed by atoms with Crippen molar-refractivity contribution in [2.45, 2.75) is 19.6 Å². The minimum atomic E-state index is -0.969. The highest BCUT2D eigenvalue weighted by atomic mass is 16.5. The number of esters is 1. The topological polar surface area (TPSA) is 87.0 Å². The van der Waals surface area contributed by atoms with E-state index in [9.17, 15) is 9.59 Å². The molecule has 7 heteroatoms. The molecule has 0 fully saturated rings. The minimum Gasteiger partial charge on any atom is -0.497 e. The highest BCUT2D eigenvalue weighted by molar-refractivity contribution is 5.95. The first-order valence-corrected chi connectivity index (χ1v) is 7.28. The number of ether oxygens (including phenoxy) is 3. The maximum atomic E-state index is 12.3. The van der Waals surface area contributed by atoms with Crippen LogP contribution in [0, 0.1) is 0 Å². The average Bonchev–Trinajstić information content (AvgIpc) is 3.12. The number of nitrogens with one attached hydrogen (secondary N) is 1. The Morgan fingerprint density at radius 1 is 1.21 bits per heavy atom. The number of benzene rings is 1. The third-order valence-corrected chi connectivity index (χ3v) is 3.30. The zero-order valence-corrected chi connectivity index (χ0v) is 13.7. The van der Waals surface area contributed by atoms with Gasteiger partial charge in [-0.2, -0.15) is 0 Å². The Kier molecular flexibility index (Phi) is 5.83. The van der Waals surface area contributed by atoms with Crippen molar-refractivity contribution in [3.05, 3.63) is 47.9 Å². The molecule has 1 amide bonds. The van der Waals surface area contributed by atoms with E-state index >= 15 is 0 Å². The number of rotatable bonds is 7. The summed E-state index contributed by atoms with van der Waals surface area (Å²) in [6.07, 6.45) is 0.545. The van der Waals surface area contributed by atoms with Gasteiger partial charge in [0.15, 0.2) is 6.10 Å². The van der Waals surface area contributed by atoms with Crippen LogP contribution >= 0.6 is 0 Å². The van der Waals surface area contributed by atoms with Crippen LogP contribution in [0.3, 0.4) is 0 Å². The SMILES string of the molecule is COc1ccc(OC)c(C(=O)O[C@@H](C)C(=O)NCc2ccco2)c1. The van der Waals surface area contributed by atoms with Gasteiger partial charge in [0.05, 0.1) is 27.0 Å². The van der Waals surface area contributed by atoms with Crippen molar-refractivity contribution in [3.8, 4) is 11.5 Å². The number of hydrogen-bond acceptors (Lipinski definition) is 6. The van der Waals surface area contributed by atoms with Gasteiger partial charge in [-0.15, -0.1) is 0 Å². The molecule has 0 saturated carbocycles. The van der Waals surface area contributed by atoms with Crippen molar-refractivity contribution in [3.63, 3.8) is 0 Å². The molecule has 1 heterocycles. The van der Waals surface area contributed by atoms with Gasteiger partial charge in [0.25, 0.3) is 5.91 Å². The maximum Gasteiger partial charge on any atom is 0.342 e. The van der Waals surface area contributed by atoms with Crippen molar-refractivity contribution >= 4 is 11.9 Å². The van der Waals surface area contributed by atoms with Gasteiger partial charge < -0.3 is 23.9 Å². The Bertz CT molecular complexity index is 695. The lowest BCUT2D eigenvalue weighted by Gasteiger charge is -2.15. The number of carbonyl (C=O) groups excluding carboxylic acids is 2. The van der Waals surface area contributed by atoms with Gasteiger partial charge in [-0.25, -0.2) is 4.79 Å². The van der Waals surface area contributed by atoms with Crippen LogP contribution in [0.4, 0.5) is 0 Å². The van der Waals surface area contributed by atoms with Gasteiger partial charge in [0, 0.05) is 0 Å². The molecule has 128 valence electrons. The van der Waals surface area contributed by atoms with Crippen molar-refractivity contribution in [2.75, 3.05) is 14.2 Å². The molecule has 7 nitrogen and oxygen atoms in total. The smallest absolute Gasteiger partial charge is 0.342 e. The van der Waals surface area contributed by atoms with Crippen LogP contribution in [-0.2, 0) is 16.1 Å². The Labute approximate surface area is 139 Å². The van der Waals surface area contributed by atoms with Gasteiger partial charge in [-0.05, 0) is 37.3 Å². The molecule has 1 atom stereocenters. The molecule has 0 aliphatic rings. The standard InChI is InChI=1S/C17H19NO6/c1-11(16(19)18-10-13-5-4-8-23-13)24-17(20)14-9-12(21-2)6-7-15(14)22-3/h4-9,11H,10H2,1-3H3,(H,18,19)/t11-/m0/s1. The fourth-order valence-electron chi connectivity index (χ4n) is 1.98. The summed E-state index contributed by atoms with van der Waals surface area (Å²) in [7, 11) is 2.93. The van der Waals surface area contributed by atoms with Gasteiger partial charge >= 0.3 is 5.97 Å². The molecular formula is C17H19NO6. The van der Waals surface area contributed by atoms with Crippen molar-refractivity contribution < 1.29 is 28.2 Å². The fraction of sp³-hybridized carbons (Fsp3) is 0.294. The Morgan fingerprint density at radius 3 is 2.62 bits per heavy atom. The number of hydrogen-bond donors (Lipinski definition) is 1. The Hall–Kier alpha value is -2.96. The van der Waals surface area contributed by atoms with E-state index in [1.165, 1.54) is 33.5 Å².